The van der Waals surface area contributed by atoms with Crippen molar-refractivity contribution >= 4 is 6.08 Å². The van der Waals surface area contributed by atoms with Crippen LogP contribution in [-0.2, 0) is 6.42 Å². The molecular weight excluding hydrogens is 165 g/mol. The van der Waals surface area contributed by atoms with E-state index in [2.05, 4.69) is 11.4 Å². The summed E-state index contributed by atoms with van der Waals surface area (Å²) in [7, 11) is 1.92. The molecule has 2 rings (SSSR count). The van der Waals surface area contributed by atoms with E-state index in [0.29, 0.717) is 0 Å². The smallest absolute Gasteiger partial charge is 0.123 e. The molecule has 0 bridgehead atoms. The summed E-state index contributed by atoms with van der Waals surface area (Å²) in [6.45, 7) is 0.885. The first-order chi connectivity index (χ1) is 6.29. The van der Waals surface area contributed by atoms with Crippen molar-refractivity contribution in [2.24, 2.45) is 0 Å². The minimum Gasteiger partial charge on any atom is -0.316 e. The summed E-state index contributed by atoms with van der Waals surface area (Å²) in [5, 5.41) is 3.10. The van der Waals surface area contributed by atoms with E-state index < -0.39 is 0 Å². The Morgan fingerprint density at radius 3 is 3.08 bits per heavy atom. The predicted octanol–water partition coefficient (Wildman–Crippen LogP) is 1.98. The van der Waals surface area contributed by atoms with Gasteiger partial charge in [-0.25, -0.2) is 4.39 Å². The standard InChI is InChI=1S/C11H12FN/c1-13-7-8-4-9-2-3-11(12)6-10(9)5-8/h2-4,6,13H,5,7H2,1H3. The van der Waals surface area contributed by atoms with Gasteiger partial charge in [0.15, 0.2) is 0 Å². The molecule has 68 valence electrons. The zero-order valence-electron chi connectivity index (χ0n) is 7.60. The highest BCUT2D eigenvalue weighted by molar-refractivity contribution is 5.63. The Morgan fingerprint density at radius 2 is 2.31 bits per heavy atom. The number of rotatable bonds is 2. The lowest BCUT2D eigenvalue weighted by molar-refractivity contribution is 0.626. The van der Waals surface area contributed by atoms with E-state index in [0.717, 1.165) is 24.1 Å². The molecule has 0 saturated heterocycles. The average Bonchev–Trinajstić information content (AvgIpc) is 2.46. The first kappa shape index (κ1) is 8.45. The van der Waals surface area contributed by atoms with Crippen LogP contribution < -0.4 is 5.32 Å². The number of halogens is 1. The van der Waals surface area contributed by atoms with Crippen LogP contribution in [0.4, 0.5) is 4.39 Å². The zero-order chi connectivity index (χ0) is 9.26. The molecule has 0 saturated carbocycles. The molecule has 0 heterocycles. The minimum atomic E-state index is -0.141. The summed E-state index contributed by atoms with van der Waals surface area (Å²) >= 11 is 0. The van der Waals surface area contributed by atoms with Gasteiger partial charge in [0, 0.05) is 6.54 Å². The van der Waals surface area contributed by atoms with Gasteiger partial charge in [-0.1, -0.05) is 17.7 Å². The highest BCUT2D eigenvalue weighted by Crippen LogP contribution is 2.24. The second kappa shape index (κ2) is 3.30. The first-order valence-corrected chi connectivity index (χ1v) is 4.42. The number of hydrogen-bond acceptors (Lipinski definition) is 1. The molecule has 1 aromatic rings. The predicted molar refractivity (Wildman–Crippen MR) is 52.0 cm³/mol. The number of benzene rings is 1. The van der Waals surface area contributed by atoms with E-state index in [9.17, 15) is 4.39 Å². The van der Waals surface area contributed by atoms with Crippen molar-refractivity contribution < 1.29 is 4.39 Å². The van der Waals surface area contributed by atoms with Gasteiger partial charge in [0.2, 0.25) is 0 Å². The molecule has 0 fully saturated rings. The Bertz CT molecular complexity index is 355. The van der Waals surface area contributed by atoms with Crippen LogP contribution in [0.3, 0.4) is 0 Å². The fourth-order valence-electron chi connectivity index (χ4n) is 1.72. The third-order valence-electron chi connectivity index (χ3n) is 2.29. The highest BCUT2D eigenvalue weighted by Gasteiger charge is 2.11. The van der Waals surface area contributed by atoms with Gasteiger partial charge in [-0.2, -0.15) is 0 Å². The molecular formula is C11H12FN. The Balaban J connectivity index is 2.25. The third kappa shape index (κ3) is 1.63. The van der Waals surface area contributed by atoms with E-state index >= 15 is 0 Å². The molecule has 0 aliphatic heterocycles. The van der Waals surface area contributed by atoms with Gasteiger partial charge < -0.3 is 5.32 Å². The van der Waals surface area contributed by atoms with E-state index in [-0.39, 0.29) is 5.82 Å². The molecule has 1 aromatic carbocycles. The second-order valence-corrected chi connectivity index (χ2v) is 3.35. The van der Waals surface area contributed by atoms with E-state index in [1.807, 2.05) is 13.1 Å². The Kier molecular flexibility index (Phi) is 2.15. The third-order valence-corrected chi connectivity index (χ3v) is 2.29. The zero-order valence-corrected chi connectivity index (χ0v) is 7.60. The van der Waals surface area contributed by atoms with Crippen molar-refractivity contribution in [3.8, 4) is 0 Å². The van der Waals surface area contributed by atoms with Crippen molar-refractivity contribution in [3.63, 3.8) is 0 Å². The monoisotopic (exact) mass is 177 g/mol. The maximum Gasteiger partial charge on any atom is 0.123 e. The van der Waals surface area contributed by atoms with Crippen LogP contribution in [0.2, 0.25) is 0 Å². The molecule has 0 amide bonds. The molecule has 0 spiro atoms. The first-order valence-electron chi connectivity index (χ1n) is 4.42. The van der Waals surface area contributed by atoms with Crippen molar-refractivity contribution in [1.29, 1.82) is 0 Å². The van der Waals surface area contributed by atoms with Crippen LogP contribution in [0.15, 0.2) is 23.8 Å². The van der Waals surface area contributed by atoms with Gasteiger partial charge in [0.05, 0.1) is 0 Å². The maximum atomic E-state index is 12.8. The number of likely N-dealkylation sites (N-methyl/N-ethyl adjacent to an activating group) is 1. The average molecular weight is 177 g/mol. The molecule has 2 heteroatoms. The second-order valence-electron chi connectivity index (χ2n) is 3.35. The lowest BCUT2D eigenvalue weighted by Gasteiger charge is -1.99. The molecule has 1 nitrogen and oxygen atoms in total. The van der Waals surface area contributed by atoms with Crippen LogP contribution in [0, 0.1) is 5.82 Å². The number of nitrogens with one attached hydrogen (secondary N) is 1. The summed E-state index contributed by atoms with van der Waals surface area (Å²) < 4.78 is 12.8. The van der Waals surface area contributed by atoms with E-state index in [1.54, 1.807) is 6.07 Å². The summed E-state index contributed by atoms with van der Waals surface area (Å²) in [5.74, 6) is -0.141. The van der Waals surface area contributed by atoms with Crippen molar-refractivity contribution in [2.75, 3.05) is 13.6 Å². The summed E-state index contributed by atoms with van der Waals surface area (Å²) in [6.07, 6.45) is 3.01. The molecule has 0 aromatic heterocycles. The van der Waals surface area contributed by atoms with Gasteiger partial charge in [0.1, 0.15) is 5.82 Å². The molecule has 1 aliphatic rings. The van der Waals surface area contributed by atoms with Crippen molar-refractivity contribution in [1.82, 2.24) is 5.32 Å². The van der Waals surface area contributed by atoms with Crippen LogP contribution in [0.5, 0.6) is 0 Å². The van der Waals surface area contributed by atoms with Gasteiger partial charge in [-0.3, -0.25) is 0 Å². The number of fused-ring (bicyclic) bond motifs is 1. The van der Waals surface area contributed by atoms with Crippen molar-refractivity contribution in [3.05, 3.63) is 40.7 Å². The largest absolute Gasteiger partial charge is 0.316 e. The molecule has 0 atom stereocenters. The van der Waals surface area contributed by atoms with E-state index in [4.69, 9.17) is 0 Å². The maximum absolute atomic E-state index is 12.8. The topological polar surface area (TPSA) is 12.0 Å². The van der Waals surface area contributed by atoms with Crippen molar-refractivity contribution in [2.45, 2.75) is 6.42 Å². The molecule has 13 heavy (non-hydrogen) atoms. The normalized spacial score (nSPS) is 14.2. The van der Waals surface area contributed by atoms with Crippen LogP contribution in [-0.4, -0.2) is 13.6 Å². The minimum absolute atomic E-state index is 0.141. The fourth-order valence-corrected chi connectivity index (χ4v) is 1.72. The quantitative estimate of drug-likeness (QED) is 0.728. The van der Waals surface area contributed by atoms with Crippen LogP contribution in [0.25, 0.3) is 6.08 Å². The Morgan fingerprint density at radius 1 is 1.46 bits per heavy atom. The fraction of sp³-hybridized carbons (Fsp3) is 0.273. The summed E-state index contributed by atoms with van der Waals surface area (Å²) in [5.41, 5.74) is 3.58. The molecule has 0 radical (unpaired) electrons. The lowest BCUT2D eigenvalue weighted by atomic mass is 10.1. The van der Waals surface area contributed by atoms with Gasteiger partial charge >= 0.3 is 0 Å². The SMILES string of the molecule is CNCC1=Cc2ccc(F)cc2C1. The van der Waals surface area contributed by atoms with Gasteiger partial charge in [0.25, 0.3) is 0 Å². The van der Waals surface area contributed by atoms with E-state index in [1.165, 1.54) is 11.6 Å². The number of hydrogen-bond donors (Lipinski definition) is 1. The molecule has 1 aliphatic carbocycles. The Labute approximate surface area is 77.3 Å². The molecule has 0 unspecified atom stereocenters. The van der Waals surface area contributed by atoms with Crippen LogP contribution >= 0.6 is 0 Å². The van der Waals surface area contributed by atoms with Gasteiger partial charge in [-0.15, -0.1) is 0 Å². The highest BCUT2D eigenvalue weighted by atomic mass is 19.1. The lowest BCUT2D eigenvalue weighted by Crippen LogP contribution is -2.10. The Hall–Kier alpha value is -1.15. The summed E-state index contributed by atoms with van der Waals surface area (Å²) in [4.78, 5) is 0. The molecule has 1 N–H and O–H groups in total. The van der Waals surface area contributed by atoms with Gasteiger partial charge in [-0.05, 0) is 36.7 Å². The summed E-state index contributed by atoms with van der Waals surface area (Å²) in [6, 6.07) is 4.97. The van der Waals surface area contributed by atoms with Crippen LogP contribution in [0.1, 0.15) is 11.1 Å².